The third-order valence-electron chi connectivity index (χ3n) is 3.94. The fourth-order valence-corrected chi connectivity index (χ4v) is 2.57. The van der Waals surface area contributed by atoms with Crippen molar-refractivity contribution in [1.29, 1.82) is 0 Å². The van der Waals surface area contributed by atoms with Crippen LogP contribution >= 0.6 is 0 Å². The molecule has 0 amide bonds. The summed E-state index contributed by atoms with van der Waals surface area (Å²) in [4.78, 5) is 2.36. The normalized spacial score (nSPS) is 17.8. The number of nitrogens with one attached hydrogen (secondary N) is 1. The van der Waals surface area contributed by atoms with Crippen LogP contribution in [-0.4, -0.2) is 37.7 Å². The van der Waals surface area contributed by atoms with Crippen molar-refractivity contribution < 1.29 is 9.15 Å². The zero-order valence-electron chi connectivity index (χ0n) is 13.1. The highest BCUT2D eigenvalue weighted by atomic mass is 16.5. The van der Waals surface area contributed by atoms with E-state index in [4.69, 9.17) is 9.15 Å². The summed E-state index contributed by atoms with van der Waals surface area (Å²) in [5.74, 6) is 2.00. The topological polar surface area (TPSA) is 37.6 Å². The predicted octanol–water partition coefficient (Wildman–Crippen LogP) is 2.70. The largest absolute Gasteiger partial charge is 0.465 e. The highest BCUT2D eigenvalue weighted by Crippen LogP contribution is 2.19. The van der Waals surface area contributed by atoms with Crippen molar-refractivity contribution >= 4 is 0 Å². The van der Waals surface area contributed by atoms with Gasteiger partial charge in [-0.3, -0.25) is 0 Å². The van der Waals surface area contributed by atoms with E-state index < -0.39 is 0 Å². The van der Waals surface area contributed by atoms with Crippen LogP contribution < -0.4 is 5.32 Å². The van der Waals surface area contributed by atoms with Crippen LogP contribution in [0, 0.1) is 6.92 Å². The molecule has 1 aromatic heterocycles. The van der Waals surface area contributed by atoms with Crippen LogP contribution in [0.4, 0.5) is 0 Å². The number of hydrogen-bond donors (Lipinski definition) is 1. The Kier molecular flexibility index (Phi) is 6.07. The summed E-state index contributed by atoms with van der Waals surface area (Å²) in [6.07, 6.45) is 3.82. The summed E-state index contributed by atoms with van der Waals surface area (Å²) < 4.78 is 11.8. The molecular formula is C16H28N2O2. The molecule has 2 heterocycles. The van der Waals surface area contributed by atoms with Gasteiger partial charge in [-0.05, 0) is 45.8 Å². The molecule has 1 saturated heterocycles. The number of likely N-dealkylation sites (tertiary alicyclic amines) is 1. The maximum absolute atomic E-state index is 6.03. The van der Waals surface area contributed by atoms with E-state index in [2.05, 4.69) is 30.3 Å². The van der Waals surface area contributed by atoms with Crippen LogP contribution in [0.25, 0.3) is 0 Å². The van der Waals surface area contributed by atoms with Crippen molar-refractivity contribution in [1.82, 2.24) is 10.2 Å². The lowest BCUT2D eigenvalue weighted by molar-refractivity contribution is 0.00171. The number of ether oxygens (including phenoxy) is 1. The van der Waals surface area contributed by atoms with Gasteiger partial charge in [0.15, 0.2) is 0 Å². The number of rotatable bonds is 7. The van der Waals surface area contributed by atoms with Crippen LogP contribution in [-0.2, 0) is 17.9 Å². The van der Waals surface area contributed by atoms with Gasteiger partial charge in [-0.25, -0.2) is 0 Å². The molecule has 114 valence electrons. The molecule has 0 atom stereocenters. The first-order chi connectivity index (χ1) is 9.69. The van der Waals surface area contributed by atoms with Gasteiger partial charge >= 0.3 is 0 Å². The highest BCUT2D eigenvalue weighted by Gasteiger charge is 2.18. The van der Waals surface area contributed by atoms with E-state index in [9.17, 15) is 0 Å². The molecule has 0 bridgehead atoms. The Morgan fingerprint density at radius 3 is 2.85 bits per heavy atom. The lowest BCUT2D eigenvalue weighted by Crippen LogP contribution is -2.34. The SMILES string of the molecule is CCCNCc1cc(COC2CCN(C)CC2)c(C)o1. The van der Waals surface area contributed by atoms with E-state index in [1.807, 2.05) is 6.92 Å². The van der Waals surface area contributed by atoms with Gasteiger partial charge < -0.3 is 19.4 Å². The van der Waals surface area contributed by atoms with Gasteiger partial charge in [-0.2, -0.15) is 0 Å². The zero-order chi connectivity index (χ0) is 14.4. The van der Waals surface area contributed by atoms with Gasteiger partial charge in [0.25, 0.3) is 0 Å². The van der Waals surface area contributed by atoms with Crippen molar-refractivity contribution in [3.8, 4) is 0 Å². The van der Waals surface area contributed by atoms with E-state index in [1.54, 1.807) is 0 Å². The standard InChI is InChI=1S/C16H28N2O2/c1-4-7-17-11-16-10-14(13(2)20-16)12-19-15-5-8-18(3)9-6-15/h10,15,17H,4-9,11-12H2,1-3H3. The monoisotopic (exact) mass is 280 g/mol. The van der Waals surface area contributed by atoms with Crippen LogP contribution in [0.3, 0.4) is 0 Å². The van der Waals surface area contributed by atoms with Crippen molar-refractivity contribution in [3.05, 3.63) is 23.2 Å². The Bertz CT molecular complexity index is 395. The molecule has 1 N–H and O–H groups in total. The predicted molar refractivity (Wildman–Crippen MR) is 80.8 cm³/mol. The molecule has 1 aliphatic heterocycles. The molecule has 2 rings (SSSR count). The maximum atomic E-state index is 6.03. The summed E-state index contributed by atoms with van der Waals surface area (Å²) >= 11 is 0. The molecule has 0 unspecified atom stereocenters. The molecule has 1 aliphatic rings. The molecule has 1 aromatic rings. The summed E-state index contributed by atoms with van der Waals surface area (Å²) in [6.45, 7) is 8.99. The van der Waals surface area contributed by atoms with Crippen molar-refractivity contribution in [3.63, 3.8) is 0 Å². The summed E-state index contributed by atoms with van der Waals surface area (Å²) in [5, 5.41) is 3.36. The lowest BCUT2D eigenvalue weighted by atomic mass is 10.1. The van der Waals surface area contributed by atoms with Gasteiger partial charge in [-0.15, -0.1) is 0 Å². The first-order valence-electron chi connectivity index (χ1n) is 7.78. The number of furan rings is 1. The summed E-state index contributed by atoms with van der Waals surface area (Å²) in [6, 6.07) is 2.13. The van der Waals surface area contributed by atoms with Crippen LogP contribution in [0.5, 0.6) is 0 Å². The minimum atomic E-state index is 0.405. The lowest BCUT2D eigenvalue weighted by Gasteiger charge is -2.28. The number of aryl methyl sites for hydroxylation is 1. The third kappa shape index (κ3) is 4.62. The summed E-state index contributed by atoms with van der Waals surface area (Å²) in [7, 11) is 2.17. The van der Waals surface area contributed by atoms with Gasteiger partial charge in [0.05, 0.1) is 19.3 Å². The van der Waals surface area contributed by atoms with Crippen molar-refractivity contribution in [2.75, 3.05) is 26.7 Å². The second-order valence-corrected chi connectivity index (χ2v) is 5.78. The average Bonchev–Trinajstić information content (AvgIpc) is 2.79. The van der Waals surface area contributed by atoms with Crippen LogP contribution in [0.2, 0.25) is 0 Å². The molecular weight excluding hydrogens is 252 g/mol. The Labute approximate surface area is 122 Å². The molecule has 0 aromatic carbocycles. The fraction of sp³-hybridized carbons (Fsp3) is 0.750. The van der Waals surface area contributed by atoms with Gasteiger partial charge in [0.1, 0.15) is 11.5 Å². The van der Waals surface area contributed by atoms with E-state index in [-0.39, 0.29) is 0 Å². The molecule has 20 heavy (non-hydrogen) atoms. The maximum Gasteiger partial charge on any atom is 0.118 e. The third-order valence-corrected chi connectivity index (χ3v) is 3.94. The minimum Gasteiger partial charge on any atom is -0.465 e. The van der Waals surface area contributed by atoms with E-state index in [0.29, 0.717) is 12.7 Å². The molecule has 4 nitrogen and oxygen atoms in total. The van der Waals surface area contributed by atoms with E-state index in [1.165, 1.54) is 5.56 Å². The van der Waals surface area contributed by atoms with Crippen molar-refractivity contribution in [2.45, 2.75) is 52.4 Å². The van der Waals surface area contributed by atoms with E-state index >= 15 is 0 Å². The quantitative estimate of drug-likeness (QED) is 0.779. The zero-order valence-corrected chi connectivity index (χ0v) is 13.1. The molecule has 4 heteroatoms. The highest BCUT2D eigenvalue weighted by molar-refractivity contribution is 5.20. The number of piperidine rings is 1. The van der Waals surface area contributed by atoms with Gasteiger partial charge in [0.2, 0.25) is 0 Å². The number of hydrogen-bond acceptors (Lipinski definition) is 4. The molecule has 0 spiro atoms. The minimum absolute atomic E-state index is 0.405. The van der Waals surface area contributed by atoms with Crippen molar-refractivity contribution in [2.24, 2.45) is 0 Å². The summed E-state index contributed by atoms with van der Waals surface area (Å²) in [5.41, 5.74) is 1.19. The molecule has 0 radical (unpaired) electrons. The molecule has 0 saturated carbocycles. The van der Waals surface area contributed by atoms with E-state index in [0.717, 1.165) is 57.0 Å². The molecule has 0 aliphatic carbocycles. The van der Waals surface area contributed by atoms with Crippen LogP contribution in [0.15, 0.2) is 10.5 Å². The van der Waals surface area contributed by atoms with Crippen LogP contribution in [0.1, 0.15) is 43.3 Å². The first kappa shape index (κ1) is 15.5. The Hall–Kier alpha value is -0.840. The fourth-order valence-electron chi connectivity index (χ4n) is 2.57. The van der Waals surface area contributed by atoms with Gasteiger partial charge in [0, 0.05) is 18.7 Å². The Balaban J connectivity index is 1.77. The Morgan fingerprint density at radius 2 is 2.15 bits per heavy atom. The van der Waals surface area contributed by atoms with Gasteiger partial charge in [-0.1, -0.05) is 6.92 Å². The molecule has 1 fully saturated rings. The average molecular weight is 280 g/mol. The second kappa shape index (κ2) is 7.81. The smallest absolute Gasteiger partial charge is 0.118 e. The number of nitrogens with zero attached hydrogens (tertiary/aromatic N) is 1. The first-order valence-corrected chi connectivity index (χ1v) is 7.78. The second-order valence-electron chi connectivity index (χ2n) is 5.78. The Morgan fingerprint density at radius 1 is 1.40 bits per heavy atom.